The van der Waals surface area contributed by atoms with Crippen LogP contribution in [0.25, 0.3) is 0 Å². The van der Waals surface area contributed by atoms with Gasteiger partial charge in [-0.15, -0.1) is 0 Å². The zero-order chi connectivity index (χ0) is 13.2. The van der Waals surface area contributed by atoms with Gasteiger partial charge < -0.3 is 0 Å². The number of nitrogens with one attached hydrogen (secondary N) is 1. The fraction of sp³-hybridized carbons (Fsp3) is 0.467. The summed E-state index contributed by atoms with van der Waals surface area (Å²) in [5.74, 6) is -0.00937. The summed E-state index contributed by atoms with van der Waals surface area (Å²) in [5.41, 5.74) is 4.85. The van der Waals surface area contributed by atoms with E-state index in [9.17, 15) is 4.79 Å². The minimum Gasteiger partial charge on any atom is -0.273 e. The van der Waals surface area contributed by atoms with Gasteiger partial charge >= 0.3 is 0 Å². The van der Waals surface area contributed by atoms with Crippen LogP contribution in [0.4, 0.5) is 0 Å². The summed E-state index contributed by atoms with van der Waals surface area (Å²) in [5, 5.41) is 3.95. The Morgan fingerprint density at radius 1 is 1.22 bits per heavy atom. The fourth-order valence-electron chi connectivity index (χ4n) is 1.61. The molecule has 3 heteroatoms. The zero-order valence-electron chi connectivity index (χ0n) is 11.3. The number of benzene rings is 1. The average molecular weight is 246 g/mol. The molecule has 0 heterocycles. The molecule has 1 N–H and O–H groups in total. The second-order valence-electron chi connectivity index (χ2n) is 4.35. The lowest BCUT2D eigenvalue weighted by Crippen LogP contribution is -2.16. The van der Waals surface area contributed by atoms with Gasteiger partial charge in [-0.25, -0.2) is 5.43 Å². The molecular weight excluding hydrogens is 224 g/mol. The largest absolute Gasteiger partial charge is 0.273 e. The maximum Gasteiger partial charge on any atom is 0.240 e. The standard InChI is InChI=1S/C15H22N2O/c1-3-5-6-7-15(18)17-16-12-14-10-8-13(4-2)9-11-14/h8-12H,3-7H2,1-2H3,(H,17,18). The van der Waals surface area contributed by atoms with Crippen LogP contribution in [0.15, 0.2) is 29.4 Å². The van der Waals surface area contributed by atoms with Crippen molar-refractivity contribution in [3.63, 3.8) is 0 Å². The lowest BCUT2D eigenvalue weighted by molar-refractivity contribution is -0.121. The number of carbonyl (C=O) groups excluding carboxylic acids is 1. The first-order valence-corrected chi connectivity index (χ1v) is 6.67. The average Bonchev–Trinajstić information content (AvgIpc) is 2.40. The van der Waals surface area contributed by atoms with E-state index in [0.29, 0.717) is 6.42 Å². The Kier molecular flexibility index (Phi) is 6.77. The Morgan fingerprint density at radius 3 is 2.56 bits per heavy atom. The smallest absolute Gasteiger partial charge is 0.240 e. The first kappa shape index (κ1) is 14.4. The van der Waals surface area contributed by atoms with Crippen molar-refractivity contribution in [3.05, 3.63) is 35.4 Å². The Hall–Kier alpha value is -1.64. The highest BCUT2D eigenvalue weighted by atomic mass is 16.2. The normalized spacial score (nSPS) is 10.8. The monoisotopic (exact) mass is 246 g/mol. The molecule has 1 rings (SSSR count). The van der Waals surface area contributed by atoms with Gasteiger partial charge in [0.1, 0.15) is 0 Å². The predicted octanol–water partition coefficient (Wildman–Crippen LogP) is 3.28. The number of carbonyl (C=O) groups is 1. The molecule has 3 nitrogen and oxygen atoms in total. The Bertz CT molecular complexity index is 382. The van der Waals surface area contributed by atoms with Crippen LogP contribution in [0.5, 0.6) is 0 Å². The molecule has 0 aliphatic rings. The highest BCUT2D eigenvalue weighted by Gasteiger charge is 1.97. The molecular formula is C15H22N2O. The number of aryl methyl sites for hydroxylation is 1. The van der Waals surface area contributed by atoms with Gasteiger partial charge in [0.25, 0.3) is 0 Å². The van der Waals surface area contributed by atoms with Crippen molar-refractivity contribution in [1.29, 1.82) is 0 Å². The van der Waals surface area contributed by atoms with Gasteiger partial charge in [-0.3, -0.25) is 4.79 Å². The van der Waals surface area contributed by atoms with E-state index in [1.807, 2.05) is 12.1 Å². The maximum absolute atomic E-state index is 11.4. The van der Waals surface area contributed by atoms with Crippen LogP contribution in [0.1, 0.15) is 50.7 Å². The van der Waals surface area contributed by atoms with E-state index in [1.165, 1.54) is 5.56 Å². The quantitative estimate of drug-likeness (QED) is 0.448. The summed E-state index contributed by atoms with van der Waals surface area (Å²) in [6, 6.07) is 8.16. The van der Waals surface area contributed by atoms with Gasteiger partial charge in [0.15, 0.2) is 0 Å². The Balaban J connectivity index is 2.32. The molecule has 1 aromatic carbocycles. The van der Waals surface area contributed by atoms with Gasteiger partial charge in [0.05, 0.1) is 6.21 Å². The van der Waals surface area contributed by atoms with Gasteiger partial charge in [0.2, 0.25) is 5.91 Å². The van der Waals surface area contributed by atoms with Crippen molar-refractivity contribution >= 4 is 12.1 Å². The lowest BCUT2D eigenvalue weighted by atomic mass is 10.1. The molecule has 1 amide bonds. The van der Waals surface area contributed by atoms with E-state index in [1.54, 1.807) is 6.21 Å². The van der Waals surface area contributed by atoms with Crippen molar-refractivity contribution < 1.29 is 4.79 Å². The predicted molar refractivity (Wildman–Crippen MR) is 75.7 cm³/mol. The highest BCUT2D eigenvalue weighted by Crippen LogP contribution is 2.02. The summed E-state index contributed by atoms with van der Waals surface area (Å²) in [4.78, 5) is 11.4. The van der Waals surface area contributed by atoms with Crippen LogP contribution in [0.3, 0.4) is 0 Å². The molecule has 0 saturated carbocycles. The third-order valence-corrected chi connectivity index (χ3v) is 2.80. The molecule has 1 aromatic rings. The molecule has 0 aromatic heterocycles. The third kappa shape index (κ3) is 5.62. The second-order valence-corrected chi connectivity index (χ2v) is 4.35. The molecule has 0 radical (unpaired) electrons. The molecule has 0 aliphatic carbocycles. The molecule has 0 saturated heterocycles. The van der Waals surface area contributed by atoms with Crippen LogP contribution in [0.2, 0.25) is 0 Å². The topological polar surface area (TPSA) is 41.5 Å². The van der Waals surface area contributed by atoms with Crippen LogP contribution < -0.4 is 5.43 Å². The van der Waals surface area contributed by atoms with Crippen LogP contribution in [0, 0.1) is 0 Å². The summed E-state index contributed by atoms with van der Waals surface area (Å²) in [6.07, 6.45) is 6.42. The zero-order valence-corrected chi connectivity index (χ0v) is 11.3. The van der Waals surface area contributed by atoms with E-state index >= 15 is 0 Å². The number of hydrazone groups is 1. The van der Waals surface area contributed by atoms with Crippen molar-refractivity contribution in [2.45, 2.75) is 46.0 Å². The molecule has 0 fully saturated rings. The fourth-order valence-corrected chi connectivity index (χ4v) is 1.61. The van der Waals surface area contributed by atoms with Gasteiger partial charge in [0, 0.05) is 6.42 Å². The number of nitrogens with zero attached hydrogens (tertiary/aromatic N) is 1. The van der Waals surface area contributed by atoms with Crippen LogP contribution in [-0.4, -0.2) is 12.1 Å². The third-order valence-electron chi connectivity index (χ3n) is 2.80. The summed E-state index contributed by atoms with van der Waals surface area (Å²) in [6.45, 7) is 4.25. The van der Waals surface area contributed by atoms with Crippen molar-refractivity contribution in [1.82, 2.24) is 5.43 Å². The number of unbranched alkanes of at least 4 members (excludes halogenated alkanes) is 2. The highest BCUT2D eigenvalue weighted by molar-refractivity contribution is 5.82. The Labute approximate surface area is 109 Å². The molecule has 0 atom stereocenters. The molecule has 0 bridgehead atoms. The number of hydrogen-bond acceptors (Lipinski definition) is 2. The molecule has 0 spiro atoms. The summed E-state index contributed by atoms with van der Waals surface area (Å²) < 4.78 is 0. The van der Waals surface area contributed by atoms with Gasteiger partial charge in [-0.2, -0.15) is 5.10 Å². The van der Waals surface area contributed by atoms with Crippen molar-refractivity contribution in [2.24, 2.45) is 5.10 Å². The second kappa shape index (κ2) is 8.45. The number of hydrogen-bond donors (Lipinski definition) is 1. The molecule has 0 aliphatic heterocycles. The van der Waals surface area contributed by atoms with Crippen molar-refractivity contribution in [2.75, 3.05) is 0 Å². The minimum absolute atomic E-state index is 0.00937. The van der Waals surface area contributed by atoms with Crippen LogP contribution in [-0.2, 0) is 11.2 Å². The van der Waals surface area contributed by atoms with E-state index in [2.05, 4.69) is 36.5 Å². The van der Waals surface area contributed by atoms with Crippen molar-refractivity contribution in [3.8, 4) is 0 Å². The maximum atomic E-state index is 11.4. The molecule has 0 unspecified atom stereocenters. The minimum atomic E-state index is -0.00937. The lowest BCUT2D eigenvalue weighted by Gasteiger charge is -1.99. The number of rotatable bonds is 7. The van der Waals surface area contributed by atoms with Gasteiger partial charge in [-0.05, 0) is 24.0 Å². The molecule has 98 valence electrons. The molecule has 18 heavy (non-hydrogen) atoms. The van der Waals surface area contributed by atoms with E-state index in [4.69, 9.17) is 0 Å². The summed E-state index contributed by atoms with van der Waals surface area (Å²) in [7, 11) is 0. The van der Waals surface area contributed by atoms with E-state index < -0.39 is 0 Å². The SMILES string of the molecule is CCCCCC(=O)NN=Cc1ccc(CC)cc1. The summed E-state index contributed by atoms with van der Waals surface area (Å²) >= 11 is 0. The first-order valence-electron chi connectivity index (χ1n) is 6.67. The Morgan fingerprint density at radius 2 is 1.94 bits per heavy atom. The van der Waals surface area contributed by atoms with Crippen LogP contribution >= 0.6 is 0 Å². The number of amides is 1. The van der Waals surface area contributed by atoms with Gasteiger partial charge in [-0.1, -0.05) is 51.0 Å². The van der Waals surface area contributed by atoms with E-state index in [0.717, 1.165) is 31.2 Å². The first-order chi connectivity index (χ1) is 8.76. The van der Waals surface area contributed by atoms with E-state index in [-0.39, 0.29) is 5.91 Å².